The fourth-order valence-corrected chi connectivity index (χ4v) is 2.80. The summed E-state index contributed by atoms with van der Waals surface area (Å²) in [5.74, 6) is -0.711. The van der Waals surface area contributed by atoms with Crippen molar-refractivity contribution in [1.29, 1.82) is 0 Å². The molecule has 0 aliphatic carbocycles. The normalized spacial score (nSPS) is 19.3. The predicted molar refractivity (Wildman–Crippen MR) is 66.6 cm³/mol. The van der Waals surface area contributed by atoms with Crippen molar-refractivity contribution >= 4 is 0 Å². The molecular formula is C14H19F2NO. The number of hydrogen-bond acceptors (Lipinski definition) is 2. The number of rotatable bonds is 5. The van der Waals surface area contributed by atoms with Crippen molar-refractivity contribution < 1.29 is 13.5 Å². The molecule has 1 saturated heterocycles. The summed E-state index contributed by atoms with van der Waals surface area (Å²) in [6.07, 6.45) is 0.932. The molecule has 2 rings (SSSR count). The Balaban J connectivity index is 2.36. The minimum Gasteiger partial charge on any atom is -0.379 e. The van der Waals surface area contributed by atoms with Gasteiger partial charge in [-0.15, -0.1) is 0 Å². The van der Waals surface area contributed by atoms with E-state index in [1.807, 2.05) is 7.05 Å². The molecule has 1 atom stereocenters. The highest BCUT2D eigenvalue weighted by atomic mass is 19.1. The van der Waals surface area contributed by atoms with Crippen molar-refractivity contribution in [3.05, 3.63) is 35.4 Å². The largest absolute Gasteiger partial charge is 0.379 e. The number of hydrogen-bond donors (Lipinski definition) is 1. The molecule has 0 spiro atoms. The maximum absolute atomic E-state index is 14.0. The van der Waals surface area contributed by atoms with E-state index < -0.39 is 11.6 Å². The second-order valence-electron chi connectivity index (χ2n) is 4.94. The van der Waals surface area contributed by atoms with E-state index in [9.17, 15) is 8.78 Å². The predicted octanol–water partition coefficient (Wildman–Crippen LogP) is 2.48. The highest BCUT2D eigenvalue weighted by Crippen LogP contribution is 2.42. The molecule has 0 aromatic heterocycles. The van der Waals surface area contributed by atoms with Crippen LogP contribution in [0.3, 0.4) is 0 Å². The van der Waals surface area contributed by atoms with Crippen LogP contribution in [-0.4, -0.2) is 26.8 Å². The first-order valence-electron chi connectivity index (χ1n) is 6.32. The molecule has 1 fully saturated rings. The first-order valence-corrected chi connectivity index (χ1v) is 6.32. The maximum atomic E-state index is 14.0. The van der Waals surface area contributed by atoms with Crippen molar-refractivity contribution in [1.82, 2.24) is 5.32 Å². The minimum atomic E-state index is -0.534. The van der Waals surface area contributed by atoms with Crippen LogP contribution in [0, 0.1) is 17.6 Å². The molecule has 0 bridgehead atoms. The third kappa shape index (κ3) is 2.15. The van der Waals surface area contributed by atoms with Crippen molar-refractivity contribution in [3.8, 4) is 0 Å². The third-order valence-corrected chi connectivity index (χ3v) is 3.91. The third-order valence-electron chi connectivity index (χ3n) is 3.91. The zero-order chi connectivity index (χ0) is 13.2. The van der Waals surface area contributed by atoms with Gasteiger partial charge in [0.15, 0.2) is 0 Å². The summed E-state index contributed by atoms with van der Waals surface area (Å²) in [6.45, 7) is 3.91. The van der Waals surface area contributed by atoms with Gasteiger partial charge in [-0.05, 0) is 31.1 Å². The quantitative estimate of drug-likeness (QED) is 0.872. The second kappa shape index (κ2) is 5.33. The Kier molecular flexibility index (Phi) is 3.97. The van der Waals surface area contributed by atoms with Gasteiger partial charge in [0, 0.05) is 11.5 Å². The Morgan fingerprint density at radius 1 is 1.39 bits per heavy atom. The maximum Gasteiger partial charge on any atom is 0.130 e. The van der Waals surface area contributed by atoms with Gasteiger partial charge in [-0.3, -0.25) is 0 Å². The molecular weight excluding hydrogens is 236 g/mol. The lowest BCUT2D eigenvalue weighted by molar-refractivity contribution is -0.0925. The van der Waals surface area contributed by atoms with E-state index in [4.69, 9.17) is 4.74 Å². The van der Waals surface area contributed by atoms with Crippen LogP contribution >= 0.6 is 0 Å². The Morgan fingerprint density at radius 3 is 2.56 bits per heavy atom. The van der Waals surface area contributed by atoms with Crippen LogP contribution in [0.1, 0.15) is 18.9 Å². The average Bonchev–Trinajstić information content (AvgIpc) is 2.28. The van der Waals surface area contributed by atoms with Crippen LogP contribution in [-0.2, 0) is 10.2 Å². The van der Waals surface area contributed by atoms with Gasteiger partial charge in [-0.1, -0.05) is 19.4 Å². The molecule has 1 aliphatic heterocycles. The van der Waals surface area contributed by atoms with Crippen LogP contribution in [0.25, 0.3) is 0 Å². The van der Waals surface area contributed by atoms with Gasteiger partial charge in [0.25, 0.3) is 0 Å². The zero-order valence-electron chi connectivity index (χ0n) is 10.8. The minimum absolute atomic E-state index is 0.288. The standard InChI is InChI=1S/C14H19F2NO/c1-3-10(7-17-2)14(8-18-9-14)12-5-4-11(15)6-13(12)16/h4-6,10,17H,3,7-9H2,1-2H3. The summed E-state index contributed by atoms with van der Waals surface area (Å²) < 4.78 is 32.3. The molecule has 1 aromatic carbocycles. The Labute approximate surface area is 106 Å². The number of nitrogens with one attached hydrogen (secondary N) is 1. The molecule has 4 heteroatoms. The monoisotopic (exact) mass is 255 g/mol. The van der Waals surface area contributed by atoms with Crippen molar-refractivity contribution in [2.75, 3.05) is 26.8 Å². The van der Waals surface area contributed by atoms with Gasteiger partial charge >= 0.3 is 0 Å². The summed E-state index contributed by atoms with van der Waals surface area (Å²) >= 11 is 0. The smallest absolute Gasteiger partial charge is 0.130 e. The van der Waals surface area contributed by atoms with Crippen LogP contribution in [0.5, 0.6) is 0 Å². The lowest BCUT2D eigenvalue weighted by Crippen LogP contribution is -2.55. The highest BCUT2D eigenvalue weighted by molar-refractivity contribution is 5.31. The molecule has 1 unspecified atom stereocenters. The molecule has 1 heterocycles. The van der Waals surface area contributed by atoms with Gasteiger partial charge in [0.2, 0.25) is 0 Å². The van der Waals surface area contributed by atoms with E-state index in [2.05, 4.69) is 12.2 Å². The average molecular weight is 255 g/mol. The highest BCUT2D eigenvalue weighted by Gasteiger charge is 2.47. The van der Waals surface area contributed by atoms with E-state index in [1.165, 1.54) is 6.07 Å². The van der Waals surface area contributed by atoms with Gasteiger partial charge in [0.1, 0.15) is 11.6 Å². The molecule has 0 amide bonds. The first kappa shape index (κ1) is 13.4. The summed E-state index contributed by atoms with van der Waals surface area (Å²) in [6, 6.07) is 3.84. The molecule has 100 valence electrons. The van der Waals surface area contributed by atoms with Crippen LogP contribution < -0.4 is 5.32 Å². The van der Waals surface area contributed by atoms with E-state index in [0.29, 0.717) is 18.8 Å². The topological polar surface area (TPSA) is 21.3 Å². The molecule has 0 radical (unpaired) electrons. The summed E-state index contributed by atoms with van der Waals surface area (Å²) in [5, 5.41) is 3.14. The fraction of sp³-hybridized carbons (Fsp3) is 0.571. The molecule has 1 N–H and O–H groups in total. The van der Waals surface area contributed by atoms with Crippen molar-refractivity contribution in [2.45, 2.75) is 18.8 Å². The number of benzene rings is 1. The molecule has 18 heavy (non-hydrogen) atoms. The molecule has 1 aliphatic rings. The zero-order valence-corrected chi connectivity index (χ0v) is 10.8. The summed E-state index contributed by atoms with van der Waals surface area (Å²) in [5.41, 5.74) is 0.271. The van der Waals surface area contributed by atoms with E-state index in [-0.39, 0.29) is 11.3 Å². The number of halogens is 2. The molecule has 2 nitrogen and oxygen atoms in total. The fourth-order valence-electron chi connectivity index (χ4n) is 2.80. The van der Waals surface area contributed by atoms with Gasteiger partial charge < -0.3 is 10.1 Å². The SMILES string of the molecule is CCC(CNC)C1(c2ccc(F)cc2F)COC1. The number of ether oxygens (including phenoxy) is 1. The Bertz CT molecular complexity index is 418. The van der Waals surface area contributed by atoms with Crippen LogP contribution in [0.2, 0.25) is 0 Å². The summed E-state index contributed by atoms with van der Waals surface area (Å²) in [7, 11) is 1.89. The summed E-state index contributed by atoms with van der Waals surface area (Å²) in [4.78, 5) is 0. The lowest BCUT2D eigenvalue weighted by Gasteiger charge is -2.47. The lowest BCUT2D eigenvalue weighted by atomic mass is 9.67. The van der Waals surface area contributed by atoms with Crippen LogP contribution in [0.15, 0.2) is 18.2 Å². The van der Waals surface area contributed by atoms with Gasteiger partial charge in [-0.25, -0.2) is 8.78 Å². The van der Waals surface area contributed by atoms with Crippen LogP contribution in [0.4, 0.5) is 8.78 Å². The van der Waals surface area contributed by atoms with E-state index in [0.717, 1.165) is 19.0 Å². The Morgan fingerprint density at radius 2 is 2.11 bits per heavy atom. The first-order chi connectivity index (χ1) is 8.64. The Hall–Kier alpha value is -1.00. The van der Waals surface area contributed by atoms with Crippen molar-refractivity contribution in [2.24, 2.45) is 5.92 Å². The van der Waals surface area contributed by atoms with Gasteiger partial charge in [0.05, 0.1) is 13.2 Å². The second-order valence-corrected chi connectivity index (χ2v) is 4.94. The van der Waals surface area contributed by atoms with Crippen molar-refractivity contribution in [3.63, 3.8) is 0 Å². The van der Waals surface area contributed by atoms with E-state index in [1.54, 1.807) is 6.07 Å². The molecule has 1 aromatic rings. The van der Waals surface area contributed by atoms with Gasteiger partial charge in [-0.2, -0.15) is 0 Å². The molecule has 0 saturated carbocycles. The van der Waals surface area contributed by atoms with E-state index >= 15 is 0 Å².